The molecular weight excluding hydrogens is 362 g/mol. The minimum Gasteiger partial charge on any atom is -0.369 e. The predicted molar refractivity (Wildman–Crippen MR) is 108 cm³/mol. The van der Waals surface area contributed by atoms with Crippen molar-refractivity contribution in [2.24, 2.45) is 5.92 Å². The maximum Gasteiger partial charge on any atom is 0.322 e. The molecule has 2 aliphatic heterocycles. The highest BCUT2D eigenvalue weighted by molar-refractivity contribution is 7.91. The quantitative estimate of drug-likeness (QED) is 0.860. The summed E-state index contributed by atoms with van der Waals surface area (Å²) in [5.41, 5.74) is 1.75. The second-order valence-corrected chi connectivity index (χ2v) is 10.4. The van der Waals surface area contributed by atoms with E-state index < -0.39 is 9.84 Å². The number of urea groups is 1. The minimum atomic E-state index is -2.90. The summed E-state index contributed by atoms with van der Waals surface area (Å²) in [6.45, 7) is 1.86. The Hall–Kier alpha value is -1.76. The normalized spacial score (nSPS) is 25.7. The number of anilines is 2. The van der Waals surface area contributed by atoms with Crippen molar-refractivity contribution in [3.05, 3.63) is 24.3 Å². The van der Waals surface area contributed by atoms with Gasteiger partial charge in [-0.15, -0.1) is 0 Å². The molecule has 0 radical (unpaired) electrons. The van der Waals surface area contributed by atoms with Crippen LogP contribution in [0.5, 0.6) is 0 Å². The summed E-state index contributed by atoms with van der Waals surface area (Å²) in [6, 6.07) is 8.15. The van der Waals surface area contributed by atoms with Gasteiger partial charge in [0.15, 0.2) is 9.84 Å². The zero-order valence-electron chi connectivity index (χ0n) is 15.8. The van der Waals surface area contributed by atoms with E-state index in [2.05, 4.69) is 10.2 Å². The van der Waals surface area contributed by atoms with E-state index in [1.54, 1.807) is 0 Å². The number of amides is 2. The summed E-state index contributed by atoms with van der Waals surface area (Å²) in [5, 5.41) is 3.08. The molecule has 3 aliphatic rings. The number of hydrogen-bond acceptors (Lipinski definition) is 4. The molecule has 0 aromatic heterocycles. The number of carbonyl (C=O) groups excluding carboxylic acids is 1. The molecular formula is C20H29N3O3S. The van der Waals surface area contributed by atoms with Gasteiger partial charge in [0.1, 0.15) is 0 Å². The number of nitrogens with zero attached hydrogens (tertiary/aromatic N) is 2. The lowest BCUT2D eigenvalue weighted by atomic mass is 9.96. The molecule has 27 heavy (non-hydrogen) atoms. The molecule has 6 nitrogen and oxygen atoms in total. The number of likely N-dealkylation sites (tertiary alicyclic amines) is 1. The lowest BCUT2D eigenvalue weighted by molar-refractivity contribution is 0.185. The second kappa shape index (κ2) is 7.70. The van der Waals surface area contributed by atoms with Crippen LogP contribution in [-0.4, -0.2) is 56.5 Å². The lowest BCUT2D eigenvalue weighted by Crippen LogP contribution is -2.42. The third-order valence-electron chi connectivity index (χ3n) is 6.31. The van der Waals surface area contributed by atoms with Crippen LogP contribution < -0.4 is 10.2 Å². The van der Waals surface area contributed by atoms with Crippen molar-refractivity contribution in [3.8, 4) is 0 Å². The van der Waals surface area contributed by atoms with Crippen LogP contribution in [0.15, 0.2) is 24.3 Å². The monoisotopic (exact) mass is 391 g/mol. The molecule has 2 saturated heterocycles. The number of nitrogens with one attached hydrogen (secondary N) is 1. The minimum absolute atomic E-state index is 0.00257. The molecule has 0 spiro atoms. The highest BCUT2D eigenvalue weighted by Crippen LogP contribution is 2.35. The Bertz CT molecular complexity index is 775. The Balaban J connectivity index is 1.41. The molecule has 1 aromatic rings. The predicted octanol–water partition coefficient (Wildman–Crippen LogP) is 3.11. The molecule has 1 saturated carbocycles. The van der Waals surface area contributed by atoms with Crippen LogP contribution in [0.3, 0.4) is 0 Å². The van der Waals surface area contributed by atoms with Gasteiger partial charge in [-0.2, -0.15) is 0 Å². The first-order valence-corrected chi connectivity index (χ1v) is 12.0. The third kappa shape index (κ3) is 4.23. The van der Waals surface area contributed by atoms with Gasteiger partial charge in [0.05, 0.1) is 11.5 Å². The average Bonchev–Trinajstić information content (AvgIpc) is 3.33. The van der Waals surface area contributed by atoms with E-state index in [4.69, 9.17) is 0 Å². The van der Waals surface area contributed by atoms with Gasteiger partial charge < -0.3 is 15.1 Å². The van der Waals surface area contributed by atoms with Crippen molar-refractivity contribution in [2.75, 3.05) is 41.4 Å². The average molecular weight is 392 g/mol. The maximum atomic E-state index is 12.9. The number of rotatable bonds is 3. The summed E-state index contributed by atoms with van der Waals surface area (Å²) >= 11 is 0. The Labute approximate surface area is 161 Å². The van der Waals surface area contributed by atoms with E-state index in [0.29, 0.717) is 25.0 Å². The largest absolute Gasteiger partial charge is 0.369 e. The molecule has 1 atom stereocenters. The van der Waals surface area contributed by atoms with E-state index in [1.807, 2.05) is 29.2 Å². The summed E-state index contributed by atoms with van der Waals surface area (Å²) in [4.78, 5) is 17.0. The van der Waals surface area contributed by atoms with Crippen LogP contribution >= 0.6 is 0 Å². The standard InChI is InChI=1S/C20H29N3O3S/c24-20(23-10-4-9-19(23)16-5-1-2-6-16)21-17-7-3-8-18(15-17)22-11-13-27(25,26)14-12-22/h3,7-8,15-16,19H,1-2,4-6,9-14H2,(H,21,24). The molecule has 3 fully saturated rings. The molecule has 1 aromatic carbocycles. The van der Waals surface area contributed by atoms with Crippen LogP contribution in [0.4, 0.5) is 16.2 Å². The molecule has 1 unspecified atom stereocenters. The third-order valence-corrected chi connectivity index (χ3v) is 7.92. The van der Waals surface area contributed by atoms with E-state index in [-0.39, 0.29) is 17.5 Å². The van der Waals surface area contributed by atoms with Gasteiger partial charge >= 0.3 is 6.03 Å². The van der Waals surface area contributed by atoms with E-state index in [0.717, 1.165) is 30.8 Å². The van der Waals surface area contributed by atoms with Crippen LogP contribution in [0, 0.1) is 5.92 Å². The van der Waals surface area contributed by atoms with E-state index in [9.17, 15) is 13.2 Å². The second-order valence-electron chi connectivity index (χ2n) is 8.07. The summed E-state index contributed by atoms with van der Waals surface area (Å²) in [6.07, 6.45) is 7.31. The highest BCUT2D eigenvalue weighted by Gasteiger charge is 2.36. The van der Waals surface area contributed by atoms with Crippen molar-refractivity contribution >= 4 is 27.2 Å². The summed E-state index contributed by atoms with van der Waals surface area (Å²) < 4.78 is 23.3. The molecule has 1 N–H and O–H groups in total. The number of benzene rings is 1. The molecule has 148 valence electrons. The fourth-order valence-electron chi connectivity index (χ4n) is 4.82. The fourth-order valence-corrected chi connectivity index (χ4v) is 6.02. The molecule has 1 aliphatic carbocycles. The smallest absolute Gasteiger partial charge is 0.322 e. The zero-order chi connectivity index (χ0) is 18.9. The SMILES string of the molecule is O=C(Nc1cccc(N2CCS(=O)(=O)CC2)c1)N1CCCC1C1CCCC1. The van der Waals surface area contributed by atoms with Gasteiger partial charge in [0.25, 0.3) is 0 Å². The van der Waals surface area contributed by atoms with Gasteiger partial charge in [-0.1, -0.05) is 18.9 Å². The fraction of sp³-hybridized carbons (Fsp3) is 0.650. The molecule has 2 heterocycles. The van der Waals surface area contributed by atoms with Gasteiger partial charge in [0, 0.05) is 37.1 Å². The molecule has 4 rings (SSSR count). The van der Waals surface area contributed by atoms with Crippen molar-refractivity contribution in [1.29, 1.82) is 0 Å². The van der Waals surface area contributed by atoms with Crippen molar-refractivity contribution in [3.63, 3.8) is 0 Å². The van der Waals surface area contributed by atoms with Crippen LogP contribution in [0.25, 0.3) is 0 Å². The first-order chi connectivity index (χ1) is 13.0. The molecule has 0 bridgehead atoms. The summed E-state index contributed by atoms with van der Waals surface area (Å²) in [7, 11) is -2.90. The lowest BCUT2D eigenvalue weighted by Gasteiger charge is -2.30. The van der Waals surface area contributed by atoms with Gasteiger partial charge in [-0.05, 0) is 49.8 Å². The van der Waals surface area contributed by atoms with Crippen LogP contribution in [0.2, 0.25) is 0 Å². The summed E-state index contributed by atoms with van der Waals surface area (Å²) in [5.74, 6) is 1.06. The zero-order valence-corrected chi connectivity index (χ0v) is 16.6. The van der Waals surface area contributed by atoms with Gasteiger partial charge in [-0.3, -0.25) is 0 Å². The Morgan fingerprint density at radius 3 is 2.48 bits per heavy atom. The number of sulfone groups is 1. The Morgan fingerprint density at radius 1 is 1.00 bits per heavy atom. The molecule has 7 heteroatoms. The van der Waals surface area contributed by atoms with E-state index in [1.165, 1.54) is 25.7 Å². The van der Waals surface area contributed by atoms with Gasteiger partial charge in [0.2, 0.25) is 0 Å². The van der Waals surface area contributed by atoms with Gasteiger partial charge in [-0.25, -0.2) is 13.2 Å². The Morgan fingerprint density at radius 2 is 1.74 bits per heavy atom. The highest BCUT2D eigenvalue weighted by atomic mass is 32.2. The van der Waals surface area contributed by atoms with Crippen molar-refractivity contribution in [2.45, 2.75) is 44.6 Å². The maximum absolute atomic E-state index is 12.9. The number of hydrogen-bond donors (Lipinski definition) is 1. The molecule has 2 amide bonds. The number of carbonyl (C=O) groups is 1. The Kier molecular flexibility index (Phi) is 5.30. The first-order valence-electron chi connectivity index (χ1n) is 10.1. The topological polar surface area (TPSA) is 69.7 Å². The van der Waals surface area contributed by atoms with E-state index >= 15 is 0 Å². The van der Waals surface area contributed by atoms with Crippen LogP contribution in [0.1, 0.15) is 38.5 Å². The van der Waals surface area contributed by atoms with Crippen molar-refractivity contribution in [1.82, 2.24) is 4.90 Å². The van der Waals surface area contributed by atoms with Crippen molar-refractivity contribution < 1.29 is 13.2 Å². The van der Waals surface area contributed by atoms with Crippen LogP contribution in [-0.2, 0) is 9.84 Å². The first kappa shape index (κ1) is 18.6.